The molecule has 0 aliphatic heterocycles. The Morgan fingerprint density at radius 2 is 1.90 bits per heavy atom. The van der Waals surface area contributed by atoms with Crippen molar-refractivity contribution in [1.29, 1.82) is 0 Å². The molecule has 0 radical (unpaired) electrons. The van der Waals surface area contributed by atoms with Crippen molar-refractivity contribution in [2.45, 2.75) is 39.3 Å². The molecule has 20 heavy (non-hydrogen) atoms. The highest BCUT2D eigenvalue weighted by molar-refractivity contribution is 5.19. The molecule has 0 fully saturated rings. The van der Waals surface area contributed by atoms with Crippen LogP contribution in [0.2, 0.25) is 0 Å². The minimum Gasteiger partial charge on any atom is -0.348 e. The van der Waals surface area contributed by atoms with Gasteiger partial charge in [0.05, 0.1) is 6.54 Å². The second-order valence-corrected chi connectivity index (χ2v) is 5.85. The lowest BCUT2D eigenvalue weighted by molar-refractivity contribution is 0.211. The average Bonchev–Trinajstić information content (AvgIpc) is 2.92. The predicted octanol–water partition coefficient (Wildman–Crippen LogP) is 4.02. The lowest BCUT2D eigenvalue weighted by Crippen LogP contribution is -2.25. The minimum atomic E-state index is 0.448. The van der Waals surface area contributed by atoms with Gasteiger partial charge in [0.15, 0.2) is 0 Å². The zero-order chi connectivity index (χ0) is 14.4. The van der Waals surface area contributed by atoms with Crippen molar-refractivity contribution in [3.05, 3.63) is 54.1 Å². The number of aromatic amines is 1. The monoisotopic (exact) mass is 271 g/mol. The summed E-state index contributed by atoms with van der Waals surface area (Å²) < 4.78 is 0. The molecule has 0 amide bonds. The molecule has 1 atom stereocenters. The fraction of sp³-hybridized carbons (Fsp3) is 0.471. The number of hydrogen-bond donors (Lipinski definition) is 1. The molecular formula is C17H25N3. The van der Waals surface area contributed by atoms with E-state index < -0.39 is 0 Å². The van der Waals surface area contributed by atoms with Gasteiger partial charge in [-0.25, -0.2) is 4.98 Å². The van der Waals surface area contributed by atoms with Gasteiger partial charge in [-0.3, -0.25) is 4.90 Å². The van der Waals surface area contributed by atoms with Crippen molar-refractivity contribution >= 4 is 0 Å². The van der Waals surface area contributed by atoms with E-state index in [-0.39, 0.29) is 0 Å². The van der Waals surface area contributed by atoms with Crippen molar-refractivity contribution in [3.8, 4) is 0 Å². The molecule has 2 aromatic rings. The SMILES string of the molecule is CC(C)CCC(c1ccccc1)N(C)Cc1ncc[nH]1. The number of nitrogens with one attached hydrogen (secondary N) is 1. The second-order valence-electron chi connectivity index (χ2n) is 5.85. The van der Waals surface area contributed by atoms with E-state index in [9.17, 15) is 0 Å². The highest BCUT2D eigenvalue weighted by Gasteiger charge is 2.18. The molecule has 2 rings (SSSR count). The fourth-order valence-corrected chi connectivity index (χ4v) is 2.54. The fourth-order valence-electron chi connectivity index (χ4n) is 2.54. The van der Waals surface area contributed by atoms with Crippen LogP contribution in [-0.2, 0) is 6.54 Å². The molecule has 1 heterocycles. The summed E-state index contributed by atoms with van der Waals surface area (Å²) in [4.78, 5) is 9.90. The molecule has 1 N–H and O–H groups in total. The van der Waals surface area contributed by atoms with Gasteiger partial charge >= 0.3 is 0 Å². The van der Waals surface area contributed by atoms with Crippen LogP contribution < -0.4 is 0 Å². The normalized spacial score (nSPS) is 13.1. The first kappa shape index (κ1) is 14.8. The Labute approximate surface area is 122 Å². The van der Waals surface area contributed by atoms with Crippen LogP contribution in [0.1, 0.15) is 44.1 Å². The number of hydrogen-bond acceptors (Lipinski definition) is 2. The summed E-state index contributed by atoms with van der Waals surface area (Å²) in [6.07, 6.45) is 6.12. The van der Waals surface area contributed by atoms with Crippen LogP contribution in [-0.4, -0.2) is 21.9 Å². The summed E-state index contributed by atoms with van der Waals surface area (Å²) >= 11 is 0. The summed E-state index contributed by atoms with van der Waals surface area (Å²) in [6, 6.07) is 11.2. The molecule has 1 unspecified atom stereocenters. The lowest BCUT2D eigenvalue weighted by atomic mass is 9.96. The van der Waals surface area contributed by atoms with E-state index in [2.05, 4.69) is 66.1 Å². The topological polar surface area (TPSA) is 31.9 Å². The van der Waals surface area contributed by atoms with Gasteiger partial charge in [-0.05, 0) is 31.4 Å². The Kier molecular flexibility index (Phi) is 5.36. The molecule has 3 nitrogen and oxygen atoms in total. The smallest absolute Gasteiger partial charge is 0.120 e. The van der Waals surface area contributed by atoms with Crippen LogP contribution in [0.25, 0.3) is 0 Å². The summed E-state index contributed by atoms with van der Waals surface area (Å²) in [5.41, 5.74) is 1.39. The van der Waals surface area contributed by atoms with Crippen molar-refractivity contribution in [2.75, 3.05) is 7.05 Å². The molecule has 108 valence electrons. The number of rotatable bonds is 7. The maximum Gasteiger partial charge on any atom is 0.120 e. The van der Waals surface area contributed by atoms with Crippen LogP contribution in [0.3, 0.4) is 0 Å². The first-order valence-electron chi connectivity index (χ1n) is 7.40. The molecule has 0 aliphatic rings. The zero-order valence-corrected chi connectivity index (χ0v) is 12.7. The van der Waals surface area contributed by atoms with Gasteiger partial charge in [0.2, 0.25) is 0 Å². The Morgan fingerprint density at radius 1 is 1.15 bits per heavy atom. The highest BCUT2D eigenvalue weighted by atomic mass is 15.1. The van der Waals surface area contributed by atoms with Gasteiger partial charge in [-0.1, -0.05) is 44.2 Å². The summed E-state index contributed by atoms with van der Waals surface area (Å²) in [7, 11) is 2.18. The molecule has 1 aromatic heterocycles. The van der Waals surface area contributed by atoms with Gasteiger partial charge in [0.1, 0.15) is 5.82 Å². The Morgan fingerprint density at radius 3 is 2.50 bits per heavy atom. The molecule has 3 heteroatoms. The largest absolute Gasteiger partial charge is 0.348 e. The second kappa shape index (κ2) is 7.25. The average molecular weight is 271 g/mol. The van der Waals surface area contributed by atoms with Crippen molar-refractivity contribution < 1.29 is 0 Å². The van der Waals surface area contributed by atoms with Crippen LogP contribution in [0, 0.1) is 5.92 Å². The van der Waals surface area contributed by atoms with E-state index in [0.717, 1.165) is 18.3 Å². The highest BCUT2D eigenvalue weighted by Crippen LogP contribution is 2.27. The first-order valence-corrected chi connectivity index (χ1v) is 7.40. The summed E-state index contributed by atoms with van der Waals surface area (Å²) in [6.45, 7) is 5.42. The maximum absolute atomic E-state index is 4.33. The third-order valence-electron chi connectivity index (χ3n) is 3.69. The van der Waals surface area contributed by atoms with Crippen LogP contribution in [0.5, 0.6) is 0 Å². The van der Waals surface area contributed by atoms with E-state index in [0.29, 0.717) is 6.04 Å². The van der Waals surface area contributed by atoms with Crippen LogP contribution in [0.15, 0.2) is 42.7 Å². The quantitative estimate of drug-likeness (QED) is 0.825. The molecule has 1 aromatic carbocycles. The van der Waals surface area contributed by atoms with E-state index in [4.69, 9.17) is 0 Å². The first-order chi connectivity index (χ1) is 9.66. The lowest BCUT2D eigenvalue weighted by Gasteiger charge is -2.28. The van der Waals surface area contributed by atoms with E-state index in [1.165, 1.54) is 18.4 Å². The molecular weight excluding hydrogens is 246 g/mol. The Balaban J connectivity index is 2.08. The van der Waals surface area contributed by atoms with Crippen molar-refractivity contribution in [3.63, 3.8) is 0 Å². The van der Waals surface area contributed by atoms with Gasteiger partial charge in [0, 0.05) is 18.4 Å². The molecule has 0 saturated carbocycles. The van der Waals surface area contributed by atoms with Gasteiger partial charge in [0.25, 0.3) is 0 Å². The summed E-state index contributed by atoms with van der Waals surface area (Å²) in [5.74, 6) is 1.76. The van der Waals surface area contributed by atoms with Gasteiger partial charge in [-0.2, -0.15) is 0 Å². The number of aromatic nitrogens is 2. The maximum atomic E-state index is 4.33. The molecule has 0 saturated heterocycles. The minimum absolute atomic E-state index is 0.448. The predicted molar refractivity (Wildman–Crippen MR) is 83.3 cm³/mol. The van der Waals surface area contributed by atoms with Crippen molar-refractivity contribution in [2.24, 2.45) is 5.92 Å². The van der Waals surface area contributed by atoms with E-state index >= 15 is 0 Å². The Bertz CT molecular complexity index is 476. The number of benzene rings is 1. The standard InChI is InChI=1S/C17H25N3/c1-14(2)9-10-16(15-7-5-4-6-8-15)20(3)13-17-18-11-12-19-17/h4-8,11-12,14,16H,9-10,13H2,1-3H3,(H,18,19). The number of H-pyrrole nitrogens is 1. The molecule has 0 bridgehead atoms. The van der Waals surface area contributed by atoms with Crippen LogP contribution >= 0.6 is 0 Å². The van der Waals surface area contributed by atoms with Gasteiger partial charge < -0.3 is 4.98 Å². The number of nitrogens with zero attached hydrogens (tertiary/aromatic N) is 2. The number of imidazole rings is 1. The van der Waals surface area contributed by atoms with Crippen molar-refractivity contribution in [1.82, 2.24) is 14.9 Å². The summed E-state index contributed by atoms with van der Waals surface area (Å²) in [5, 5.41) is 0. The van der Waals surface area contributed by atoms with Crippen LogP contribution in [0.4, 0.5) is 0 Å². The third kappa shape index (κ3) is 4.20. The third-order valence-corrected chi connectivity index (χ3v) is 3.69. The zero-order valence-electron chi connectivity index (χ0n) is 12.7. The van der Waals surface area contributed by atoms with Gasteiger partial charge in [-0.15, -0.1) is 0 Å². The van der Waals surface area contributed by atoms with E-state index in [1.807, 2.05) is 12.4 Å². The molecule has 0 spiro atoms. The molecule has 0 aliphatic carbocycles. The van der Waals surface area contributed by atoms with E-state index in [1.54, 1.807) is 0 Å². The Hall–Kier alpha value is -1.61.